The SMILES string of the molecule is CCNC(=NCc1nc(C)c(C)s1)N1CCN(C(=O)Cc2cccc(Cl)c2)CC1.I. The molecular weight excluding hydrogens is 533 g/mol. The molecule has 1 fully saturated rings. The Morgan fingerprint density at radius 3 is 2.53 bits per heavy atom. The molecule has 2 aromatic rings. The van der Waals surface area contributed by atoms with Crippen LogP contribution in [0.2, 0.25) is 5.02 Å². The molecular formula is C21H29ClIN5OS. The first-order valence-electron chi connectivity index (χ1n) is 9.94. The summed E-state index contributed by atoms with van der Waals surface area (Å²) in [5.74, 6) is 1.03. The third-order valence-corrected chi connectivity index (χ3v) is 6.24. The smallest absolute Gasteiger partial charge is 0.227 e. The van der Waals surface area contributed by atoms with E-state index in [1.54, 1.807) is 11.3 Å². The minimum absolute atomic E-state index is 0. The van der Waals surface area contributed by atoms with Gasteiger partial charge in [0.05, 0.1) is 18.7 Å². The largest absolute Gasteiger partial charge is 0.357 e. The van der Waals surface area contributed by atoms with Crippen molar-refractivity contribution in [2.24, 2.45) is 4.99 Å². The fraction of sp³-hybridized carbons (Fsp3) is 0.476. The first kappa shape index (κ1) is 24.9. The molecule has 3 rings (SSSR count). The predicted octanol–water partition coefficient (Wildman–Crippen LogP) is 3.88. The first-order valence-corrected chi connectivity index (χ1v) is 11.1. The van der Waals surface area contributed by atoms with Crippen molar-refractivity contribution in [3.05, 3.63) is 50.4 Å². The Morgan fingerprint density at radius 1 is 1.23 bits per heavy atom. The Hall–Kier alpha value is -1.39. The van der Waals surface area contributed by atoms with Crippen LogP contribution in [0, 0.1) is 13.8 Å². The zero-order valence-corrected chi connectivity index (χ0v) is 21.6. The number of nitrogens with one attached hydrogen (secondary N) is 1. The van der Waals surface area contributed by atoms with Crippen molar-refractivity contribution < 1.29 is 4.79 Å². The van der Waals surface area contributed by atoms with Gasteiger partial charge in [-0.25, -0.2) is 9.98 Å². The second-order valence-corrected chi connectivity index (χ2v) is 8.82. The number of aromatic nitrogens is 1. The number of carbonyl (C=O) groups excluding carboxylic acids is 1. The van der Waals surface area contributed by atoms with Crippen molar-refractivity contribution in [1.29, 1.82) is 0 Å². The van der Waals surface area contributed by atoms with E-state index in [9.17, 15) is 4.79 Å². The lowest BCUT2D eigenvalue weighted by Gasteiger charge is -2.36. The van der Waals surface area contributed by atoms with Crippen LogP contribution in [0.15, 0.2) is 29.3 Å². The van der Waals surface area contributed by atoms with Gasteiger partial charge in [0.2, 0.25) is 5.91 Å². The monoisotopic (exact) mass is 561 g/mol. The minimum atomic E-state index is 0. The Morgan fingerprint density at radius 2 is 1.93 bits per heavy atom. The van der Waals surface area contributed by atoms with E-state index in [1.807, 2.05) is 36.1 Å². The van der Waals surface area contributed by atoms with Gasteiger partial charge in [0.25, 0.3) is 0 Å². The number of benzene rings is 1. The van der Waals surface area contributed by atoms with E-state index in [0.717, 1.165) is 41.9 Å². The Kier molecular flexibility index (Phi) is 9.83. The van der Waals surface area contributed by atoms with Crippen LogP contribution in [0.4, 0.5) is 0 Å². The van der Waals surface area contributed by atoms with Gasteiger partial charge in [0.1, 0.15) is 5.01 Å². The van der Waals surface area contributed by atoms with Crippen molar-refractivity contribution in [3.8, 4) is 0 Å². The summed E-state index contributed by atoms with van der Waals surface area (Å²) in [5.41, 5.74) is 2.03. The lowest BCUT2D eigenvalue weighted by Crippen LogP contribution is -2.54. The van der Waals surface area contributed by atoms with E-state index < -0.39 is 0 Å². The van der Waals surface area contributed by atoms with Gasteiger partial charge in [-0.3, -0.25) is 4.79 Å². The van der Waals surface area contributed by atoms with Crippen LogP contribution in [0.5, 0.6) is 0 Å². The van der Waals surface area contributed by atoms with E-state index in [1.165, 1.54) is 4.88 Å². The molecule has 1 saturated heterocycles. The molecule has 1 amide bonds. The van der Waals surface area contributed by atoms with Crippen LogP contribution in [0.25, 0.3) is 0 Å². The molecule has 1 aliphatic rings. The van der Waals surface area contributed by atoms with Gasteiger partial charge in [-0.05, 0) is 38.5 Å². The van der Waals surface area contributed by atoms with Gasteiger partial charge < -0.3 is 15.1 Å². The molecule has 9 heteroatoms. The van der Waals surface area contributed by atoms with Crippen molar-refractivity contribution >= 4 is 58.8 Å². The first-order chi connectivity index (χ1) is 14.0. The molecule has 30 heavy (non-hydrogen) atoms. The highest BCUT2D eigenvalue weighted by Gasteiger charge is 2.23. The molecule has 6 nitrogen and oxygen atoms in total. The lowest BCUT2D eigenvalue weighted by molar-refractivity contribution is -0.131. The zero-order chi connectivity index (χ0) is 20.8. The van der Waals surface area contributed by atoms with Gasteiger partial charge in [-0.15, -0.1) is 35.3 Å². The summed E-state index contributed by atoms with van der Waals surface area (Å²) in [6.07, 6.45) is 0.386. The van der Waals surface area contributed by atoms with Gasteiger partial charge in [0, 0.05) is 42.6 Å². The topological polar surface area (TPSA) is 60.8 Å². The maximum absolute atomic E-state index is 12.6. The molecule has 1 aliphatic heterocycles. The summed E-state index contributed by atoms with van der Waals surface area (Å²) in [6, 6.07) is 7.50. The Bertz CT molecular complexity index is 861. The summed E-state index contributed by atoms with van der Waals surface area (Å²) in [7, 11) is 0. The van der Waals surface area contributed by atoms with Gasteiger partial charge in [-0.1, -0.05) is 23.7 Å². The molecule has 0 spiro atoms. The quantitative estimate of drug-likeness (QED) is 0.342. The normalized spacial score (nSPS) is 14.5. The van der Waals surface area contributed by atoms with Crippen molar-refractivity contribution in [2.75, 3.05) is 32.7 Å². The van der Waals surface area contributed by atoms with Gasteiger partial charge in [-0.2, -0.15) is 0 Å². The second-order valence-electron chi connectivity index (χ2n) is 7.09. The number of aryl methyl sites for hydroxylation is 2. The van der Waals surface area contributed by atoms with E-state index in [0.29, 0.717) is 31.1 Å². The van der Waals surface area contributed by atoms with E-state index in [2.05, 4.69) is 29.0 Å². The highest BCUT2D eigenvalue weighted by atomic mass is 127. The van der Waals surface area contributed by atoms with Gasteiger partial charge in [0.15, 0.2) is 5.96 Å². The molecule has 0 aliphatic carbocycles. The minimum Gasteiger partial charge on any atom is -0.357 e. The third kappa shape index (κ3) is 6.81. The van der Waals surface area contributed by atoms with E-state index in [-0.39, 0.29) is 29.9 Å². The number of aliphatic imine (C=N–C) groups is 1. The molecule has 1 aromatic heterocycles. The number of nitrogens with zero attached hydrogens (tertiary/aromatic N) is 4. The summed E-state index contributed by atoms with van der Waals surface area (Å²) in [6.45, 7) is 10.5. The zero-order valence-electron chi connectivity index (χ0n) is 17.7. The van der Waals surface area contributed by atoms with Crippen molar-refractivity contribution in [2.45, 2.75) is 33.7 Å². The second kappa shape index (κ2) is 11.9. The molecule has 0 unspecified atom stereocenters. The molecule has 164 valence electrons. The number of thiazole rings is 1. The van der Waals surface area contributed by atoms with Crippen LogP contribution < -0.4 is 5.32 Å². The number of halogens is 2. The van der Waals surface area contributed by atoms with Crippen LogP contribution in [-0.2, 0) is 17.8 Å². The molecule has 2 heterocycles. The van der Waals surface area contributed by atoms with Gasteiger partial charge >= 0.3 is 0 Å². The number of guanidine groups is 1. The van der Waals surface area contributed by atoms with Crippen molar-refractivity contribution in [3.63, 3.8) is 0 Å². The molecule has 1 N–H and O–H groups in total. The lowest BCUT2D eigenvalue weighted by atomic mass is 10.1. The number of piperazine rings is 1. The summed E-state index contributed by atoms with van der Waals surface area (Å²) < 4.78 is 0. The molecule has 1 aromatic carbocycles. The summed E-state index contributed by atoms with van der Waals surface area (Å²) in [5, 5.41) is 5.07. The predicted molar refractivity (Wildman–Crippen MR) is 135 cm³/mol. The third-order valence-electron chi connectivity index (χ3n) is 4.95. The average molecular weight is 562 g/mol. The highest BCUT2D eigenvalue weighted by molar-refractivity contribution is 14.0. The molecule has 0 bridgehead atoms. The van der Waals surface area contributed by atoms with Crippen molar-refractivity contribution in [1.82, 2.24) is 20.1 Å². The number of carbonyl (C=O) groups is 1. The Balaban J connectivity index is 0.00000320. The maximum Gasteiger partial charge on any atom is 0.227 e. The maximum atomic E-state index is 12.6. The molecule has 0 saturated carbocycles. The highest BCUT2D eigenvalue weighted by Crippen LogP contribution is 2.17. The molecule has 0 radical (unpaired) electrons. The van der Waals surface area contributed by atoms with Crippen LogP contribution in [0.1, 0.15) is 28.1 Å². The number of hydrogen-bond donors (Lipinski definition) is 1. The fourth-order valence-corrected chi connectivity index (χ4v) is 4.35. The van der Waals surface area contributed by atoms with E-state index in [4.69, 9.17) is 16.6 Å². The number of hydrogen-bond acceptors (Lipinski definition) is 4. The number of rotatable bonds is 5. The summed E-state index contributed by atoms with van der Waals surface area (Å²) in [4.78, 5) is 27.4. The fourth-order valence-electron chi connectivity index (χ4n) is 3.28. The van der Waals surface area contributed by atoms with Crippen LogP contribution in [0.3, 0.4) is 0 Å². The van der Waals surface area contributed by atoms with E-state index >= 15 is 0 Å². The van der Waals surface area contributed by atoms with Crippen LogP contribution in [-0.4, -0.2) is 59.4 Å². The number of amides is 1. The summed E-state index contributed by atoms with van der Waals surface area (Å²) >= 11 is 7.73. The molecule has 0 atom stereocenters. The average Bonchev–Trinajstić information content (AvgIpc) is 3.03. The van der Waals surface area contributed by atoms with Crippen LogP contribution >= 0.6 is 46.9 Å². The standard InChI is InChI=1S/C21H28ClN5OS.HI/c1-4-23-21(24-14-19-25-15(2)16(3)29-19)27-10-8-26(9-11-27)20(28)13-17-6-5-7-18(22)12-17;/h5-7,12H,4,8-11,13-14H2,1-3H3,(H,23,24);1H. The Labute approximate surface area is 204 Å².